The Hall–Kier alpha value is -1.06. The van der Waals surface area contributed by atoms with Gasteiger partial charge in [0, 0.05) is 19.7 Å². The maximum atomic E-state index is 9.04. The Morgan fingerprint density at radius 1 is 1.25 bits per heavy atom. The van der Waals surface area contributed by atoms with E-state index < -0.39 is 0 Å². The molecule has 2 rings (SSSR count). The zero-order chi connectivity index (χ0) is 14.4. The van der Waals surface area contributed by atoms with E-state index in [2.05, 4.69) is 36.9 Å². The minimum absolute atomic E-state index is 0.317. The zero-order valence-electron chi connectivity index (χ0n) is 12.8. The molecule has 0 spiro atoms. The lowest BCUT2D eigenvalue weighted by Gasteiger charge is -2.32. The van der Waals surface area contributed by atoms with Crippen LogP contribution >= 0.6 is 0 Å². The first-order valence-corrected chi connectivity index (χ1v) is 7.71. The second-order valence-corrected chi connectivity index (χ2v) is 5.99. The molecule has 0 bridgehead atoms. The molecule has 3 heteroatoms. The normalized spacial score (nSPS) is 20.1. The maximum Gasteiger partial charge on any atom is 0.119 e. The van der Waals surface area contributed by atoms with Crippen molar-refractivity contribution in [3.05, 3.63) is 29.3 Å². The molecule has 1 aliphatic rings. The lowest BCUT2D eigenvalue weighted by Crippen LogP contribution is -2.38. The summed E-state index contributed by atoms with van der Waals surface area (Å²) in [5, 5.41) is 9.04. The molecule has 112 valence electrons. The van der Waals surface area contributed by atoms with Gasteiger partial charge < -0.3 is 9.84 Å². The van der Waals surface area contributed by atoms with Crippen molar-refractivity contribution in [2.75, 3.05) is 32.8 Å². The van der Waals surface area contributed by atoms with Gasteiger partial charge in [-0.25, -0.2) is 0 Å². The van der Waals surface area contributed by atoms with Gasteiger partial charge in [0.25, 0.3) is 0 Å². The summed E-state index contributed by atoms with van der Waals surface area (Å²) < 4.78 is 5.87. The molecule has 0 aliphatic carbocycles. The third-order valence-corrected chi connectivity index (χ3v) is 4.01. The molecule has 1 N–H and O–H groups in total. The number of benzene rings is 1. The van der Waals surface area contributed by atoms with Gasteiger partial charge in [-0.2, -0.15) is 0 Å². The van der Waals surface area contributed by atoms with Gasteiger partial charge in [0.2, 0.25) is 0 Å². The highest BCUT2D eigenvalue weighted by Crippen LogP contribution is 2.19. The fraction of sp³-hybridized carbons (Fsp3) is 0.647. The van der Waals surface area contributed by atoms with Crippen LogP contribution in [0.3, 0.4) is 0 Å². The van der Waals surface area contributed by atoms with Crippen LogP contribution in [0.5, 0.6) is 5.75 Å². The lowest BCUT2D eigenvalue weighted by atomic mass is 9.95. The van der Waals surface area contributed by atoms with Gasteiger partial charge >= 0.3 is 0 Å². The molecule has 1 aromatic carbocycles. The number of aryl methyl sites for hydroxylation is 2. The summed E-state index contributed by atoms with van der Waals surface area (Å²) >= 11 is 0. The van der Waals surface area contributed by atoms with Gasteiger partial charge in [-0.1, -0.05) is 6.07 Å². The first kappa shape index (κ1) is 15.3. The van der Waals surface area contributed by atoms with E-state index in [0.717, 1.165) is 38.4 Å². The molecule has 3 nitrogen and oxygen atoms in total. The average molecular weight is 277 g/mol. The van der Waals surface area contributed by atoms with Crippen molar-refractivity contribution in [3.63, 3.8) is 0 Å². The van der Waals surface area contributed by atoms with Gasteiger partial charge in [0.05, 0.1) is 0 Å². The number of piperidine rings is 1. The fourth-order valence-electron chi connectivity index (χ4n) is 3.08. The third kappa shape index (κ3) is 4.80. The topological polar surface area (TPSA) is 32.7 Å². The van der Waals surface area contributed by atoms with Gasteiger partial charge in [0.15, 0.2) is 0 Å². The SMILES string of the molecule is Cc1cc(C)cc(OCCN2CCCC(CCO)C2)c1. The van der Waals surface area contributed by atoms with Crippen molar-refractivity contribution in [1.29, 1.82) is 0 Å². The van der Waals surface area contributed by atoms with E-state index in [1.54, 1.807) is 0 Å². The van der Waals surface area contributed by atoms with Crippen molar-refractivity contribution < 1.29 is 9.84 Å². The van der Waals surface area contributed by atoms with Crippen LogP contribution in [0, 0.1) is 19.8 Å². The van der Waals surface area contributed by atoms with E-state index in [0.29, 0.717) is 12.5 Å². The molecule has 1 saturated heterocycles. The first-order chi connectivity index (χ1) is 9.67. The lowest BCUT2D eigenvalue weighted by molar-refractivity contribution is 0.129. The first-order valence-electron chi connectivity index (χ1n) is 7.71. The van der Waals surface area contributed by atoms with Crippen LogP contribution in [0.4, 0.5) is 0 Å². The Kier molecular flexibility index (Phi) is 5.86. The van der Waals surface area contributed by atoms with E-state index in [1.807, 2.05) is 0 Å². The van der Waals surface area contributed by atoms with Gasteiger partial charge in [0.1, 0.15) is 12.4 Å². The smallest absolute Gasteiger partial charge is 0.119 e. The summed E-state index contributed by atoms with van der Waals surface area (Å²) in [7, 11) is 0. The van der Waals surface area contributed by atoms with Gasteiger partial charge in [-0.3, -0.25) is 4.90 Å². The summed E-state index contributed by atoms with van der Waals surface area (Å²) in [6.45, 7) is 8.52. The standard InChI is InChI=1S/C17H27NO2/c1-14-10-15(2)12-17(11-14)20-9-7-18-6-3-4-16(13-18)5-8-19/h10-12,16,19H,3-9,13H2,1-2H3. The van der Waals surface area contributed by atoms with Crippen molar-refractivity contribution in [3.8, 4) is 5.75 Å². The highest BCUT2D eigenvalue weighted by atomic mass is 16.5. The largest absolute Gasteiger partial charge is 0.492 e. The van der Waals surface area contributed by atoms with E-state index >= 15 is 0 Å². The quantitative estimate of drug-likeness (QED) is 0.868. The predicted molar refractivity (Wildman–Crippen MR) is 82.3 cm³/mol. The number of nitrogens with zero attached hydrogens (tertiary/aromatic N) is 1. The van der Waals surface area contributed by atoms with Crippen LogP contribution in [-0.2, 0) is 0 Å². The number of hydrogen-bond acceptors (Lipinski definition) is 3. The summed E-state index contributed by atoms with van der Waals surface area (Å²) in [4.78, 5) is 2.46. The molecule has 0 aromatic heterocycles. The second-order valence-electron chi connectivity index (χ2n) is 5.99. The number of aliphatic hydroxyl groups excluding tert-OH is 1. The number of rotatable bonds is 6. The molecular formula is C17H27NO2. The van der Waals surface area contributed by atoms with Crippen LogP contribution in [-0.4, -0.2) is 42.9 Å². The molecule has 1 atom stereocenters. The molecule has 1 aliphatic heterocycles. The Bertz CT molecular complexity index is 397. The number of ether oxygens (including phenoxy) is 1. The van der Waals surface area contributed by atoms with Crippen molar-refractivity contribution in [2.45, 2.75) is 33.1 Å². The fourth-order valence-corrected chi connectivity index (χ4v) is 3.08. The second kappa shape index (κ2) is 7.65. The number of likely N-dealkylation sites (tertiary alicyclic amines) is 1. The molecule has 1 unspecified atom stereocenters. The molecule has 0 radical (unpaired) electrons. The van der Waals surface area contributed by atoms with Crippen molar-refractivity contribution >= 4 is 0 Å². The Morgan fingerprint density at radius 3 is 2.70 bits per heavy atom. The molecule has 1 heterocycles. The summed E-state index contributed by atoms with van der Waals surface area (Å²) in [5.74, 6) is 1.64. The highest BCUT2D eigenvalue weighted by Gasteiger charge is 2.18. The molecule has 0 amide bonds. The average Bonchev–Trinajstić information content (AvgIpc) is 2.38. The Labute approximate surface area is 122 Å². The Morgan fingerprint density at radius 2 is 2.00 bits per heavy atom. The number of hydrogen-bond donors (Lipinski definition) is 1. The molecule has 20 heavy (non-hydrogen) atoms. The molecular weight excluding hydrogens is 250 g/mol. The van der Waals surface area contributed by atoms with Crippen LogP contribution in [0.15, 0.2) is 18.2 Å². The van der Waals surface area contributed by atoms with E-state index in [4.69, 9.17) is 9.84 Å². The maximum absolute atomic E-state index is 9.04. The van der Waals surface area contributed by atoms with Gasteiger partial charge in [-0.15, -0.1) is 0 Å². The van der Waals surface area contributed by atoms with E-state index in [9.17, 15) is 0 Å². The van der Waals surface area contributed by atoms with E-state index in [1.165, 1.54) is 24.0 Å². The molecule has 1 aromatic rings. The monoisotopic (exact) mass is 277 g/mol. The zero-order valence-corrected chi connectivity index (χ0v) is 12.8. The van der Waals surface area contributed by atoms with Crippen LogP contribution in [0.25, 0.3) is 0 Å². The van der Waals surface area contributed by atoms with E-state index in [-0.39, 0.29) is 0 Å². The Balaban J connectivity index is 1.75. The molecule has 0 saturated carbocycles. The summed E-state index contributed by atoms with van der Waals surface area (Å²) in [5.41, 5.74) is 2.50. The van der Waals surface area contributed by atoms with Crippen LogP contribution in [0.2, 0.25) is 0 Å². The number of aliphatic hydroxyl groups is 1. The third-order valence-electron chi connectivity index (χ3n) is 4.01. The minimum atomic E-state index is 0.317. The summed E-state index contributed by atoms with van der Waals surface area (Å²) in [6.07, 6.45) is 3.44. The van der Waals surface area contributed by atoms with Gasteiger partial charge in [-0.05, 0) is 68.8 Å². The van der Waals surface area contributed by atoms with Crippen LogP contribution < -0.4 is 4.74 Å². The molecule has 1 fully saturated rings. The van der Waals surface area contributed by atoms with Crippen molar-refractivity contribution in [2.24, 2.45) is 5.92 Å². The summed E-state index contributed by atoms with van der Waals surface area (Å²) in [6, 6.07) is 6.35. The minimum Gasteiger partial charge on any atom is -0.492 e. The highest BCUT2D eigenvalue weighted by molar-refractivity contribution is 5.32. The predicted octanol–water partition coefficient (Wildman–Crippen LogP) is 2.78. The van der Waals surface area contributed by atoms with Crippen molar-refractivity contribution in [1.82, 2.24) is 4.90 Å². The van der Waals surface area contributed by atoms with Crippen LogP contribution in [0.1, 0.15) is 30.4 Å².